The lowest BCUT2D eigenvalue weighted by Crippen LogP contribution is -2.38. The van der Waals surface area contributed by atoms with E-state index in [9.17, 15) is 10.1 Å². The van der Waals surface area contributed by atoms with Crippen LogP contribution in [0, 0.1) is 16.7 Å². The third-order valence-corrected chi connectivity index (χ3v) is 4.69. The molecule has 0 N–H and O–H groups in total. The first-order chi connectivity index (χ1) is 9.74. The molecule has 0 saturated heterocycles. The van der Waals surface area contributed by atoms with Crippen LogP contribution in [0.15, 0.2) is 30.3 Å². The highest BCUT2D eigenvalue weighted by Crippen LogP contribution is 2.40. The number of esters is 1. The quantitative estimate of drug-likeness (QED) is 0.607. The van der Waals surface area contributed by atoms with Gasteiger partial charge in [-0.05, 0) is 32.8 Å². The van der Waals surface area contributed by atoms with E-state index in [1.807, 2.05) is 30.3 Å². The van der Waals surface area contributed by atoms with Gasteiger partial charge in [-0.2, -0.15) is 5.26 Å². The predicted octanol–water partition coefficient (Wildman–Crippen LogP) is 3.97. The molecule has 1 unspecified atom stereocenters. The van der Waals surface area contributed by atoms with Crippen molar-refractivity contribution in [3.8, 4) is 6.07 Å². The van der Waals surface area contributed by atoms with E-state index in [-0.39, 0.29) is 5.97 Å². The molecule has 5 heteroatoms. The van der Waals surface area contributed by atoms with Crippen molar-refractivity contribution < 1.29 is 9.53 Å². The molecular weight excluding hydrogens is 302 g/mol. The summed E-state index contributed by atoms with van der Waals surface area (Å²) in [5.74, 6) is -0.367. The number of nitrogens with zero attached hydrogens (tertiary/aromatic N) is 1. The molecule has 0 bridgehead atoms. The second kappa shape index (κ2) is 7.06. The van der Waals surface area contributed by atoms with Crippen LogP contribution >= 0.6 is 24.0 Å². The molecule has 1 aromatic rings. The summed E-state index contributed by atoms with van der Waals surface area (Å²) in [5, 5.41) is 9.22. The summed E-state index contributed by atoms with van der Waals surface area (Å²) in [6, 6.07) is 11.7. The molecule has 112 valence electrons. The van der Waals surface area contributed by atoms with Gasteiger partial charge in [0.05, 0.1) is 22.8 Å². The number of hydrogen-bond acceptors (Lipinski definition) is 5. The van der Waals surface area contributed by atoms with E-state index >= 15 is 0 Å². The van der Waals surface area contributed by atoms with Gasteiger partial charge in [-0.1, -0.05) is 54.3 Å². The van der Waals surface area contributed by atoms with Gasteiger partial charge in [0.2, 0.25) is 0 Å². The molecule has 0 radical (unpaired) electrons. The number of carbonyl (C=O) groups excluding carboxylic acids is 1. The van der Waals surface area contributed by atoms with Crippen LogP contribution in [0.2, 0.25) is 0 Å². The van der Waals surface area contributed by atoms with Crippen molar-refractivity contribution in [3.05, 3.63) is 35.9 Å². The Morgan fingerprint density at radius 1 is 1.33 bits per heavy atom. The fourth-order valence-corrected chi connectivity index (χ4v) is 4.04. The third-order valence-electron chi connectivity index (χ3n) is 3.03. The van der Waals surface area contributed by atoms with Gasteiger partial charge in [0.15, 0.2) is 0 Å². The highest BCUT2D eigenvalue weighted by Gasteiger charge is 2.41. The number of nitriles is 1. The second-order valence-corrected chi connectivity index (χ2v) is 7.83. The fraction of sp³-hybridized carbons (Fsp3) is 0.438. The molecular formula is C16H19NO2S2. The Bertz CT molecular complexity index is 563. The second-order valence-electron chi connectivity index (χ2n) is 5.65. The molecule has 1 rings (SSSR count). The van der Waals surface area contributed by atoms with Crippen LogP contribution in [0.4, 0.5) is 0 Å². The largest absolute Gasteiger partial charge is 0.468 e. The Labute approximate surface area is 135 Å². The molecule has 1 atom stereocenters. The average Bonchev–Trinajstić information content (AvgIpc) is 2.46. The van der Waals surface area contributed by atoms with Crippen molar-refractivity contribution in [2.24, 2.45) is 5.41 Å². The molecule has 21 heavy (non-hydrogen) atoms. The monoisotopic (exact) mass is 321 g/mol. The Morgan fingerprint density at radius 2 is 1.90 bits per heavy atom. The van der Waals surface area contributed by atoms with Gasteiger partial charge in [0, 0.05) is 0 Å². The van der Waals surface area contributed by atoms with Crippen molar-refractivity contribution in [2.45, 2.75) is 31.9 Å². The van der Waals surface area contributed by atoms with Crippen LogP contribution in [0.5, 0.6) is 0 Å². The van der Waals surface area contributed by atoms with Crippen LogP contribution in [-0.4, -0.2) is 22.0 Å². The number of ether oxygens (including phenoxy) is 1. The lowest BCUT2D eigenvalue weighted by molar-refractivity contribution is -0.143. The van der Waals surface area contributed by atoms with Gasteiger partial charge >= 0.3 is 5.97 Å². The summed E-state index contributed by atoms with van der Waals surface area (Å²) < 4.78 is 4.65. The number of carbonyl (C=O) groups is 1. The number of thiocarbonyl (C=S) groups is 1. The molecule has 0 spiro atoms. The van der Waals surface area contributed by atoms with Crippen molar-refractivity contribution >= 4 is 34.1 Å². The molecule has 0 aliphatic carbocycles. The number of hydrogen-bond donors (Lipinski definition) is 0. The Balaban J connectivity index is 3.02. The normalized spacial score (nSPS) is 13.9. The minimum Gasteiger partial charge on any atom is -0.468 e. The van der Waals surface area contributed by atoms with Crippen LogP contribution in [-0.2, 0) is 9.53 Å². The zero-order valence-electron chi connectivity index (χ0n) is 12.7. The molecule has 0 aliphatic heterocycles. The molecule has 0 saturated carbocycles. The lowest BCUT2D eigenvalue weighted by atomic mass is 9.84. The smallest absolute Gasteiger partial charge is 0.322 e. The zero-order valence-corrected chi connectivity index (χ0v) is 14.3. The van der Waals surface area contributed by atoms with Crippen LogP contribution in [0.25, 0.3) is 0 Å². The van der Waals surface area contributed by atoms with Crippen LogP contribution < -0.4 is 0 Å². The molecule has 0 fully saturated rings. The summed E-state index contributed by atoms with van der Waals surface area (Å²) in [5.41, 5.74) is 0.254. The molecule has 3 nitrogen and oxygen atoms in total. The van der Waals surface area contributed by atoms with E-state index in [1.165, 1.54) is 18.9 Å². The van der Waals surface area contributed by atoms with Crippen molar-refractivity contribution in [3.63, 3.8) is 0 Å². The van der Waals surface area contributed by atoms with E-state index in [0.717, 1.165) is 5.56 Å². The van der Waals surface area contributed by atoms with Crippen LogP contribution in [0.3, 0.4) is 0 Å². The fourth-order valence-electron chi connectivity index (χ4n) is 2.09. The molecule has 0 aliphatic rings. The number of thioether (sulfide) groups is 1. The molecule has 0 aromatic heterocycles. The lowest BCUT2D eigenvalue weighted by Gasteiger charge is -2.31. The Hall–Kier alpha value is -1.38. The summed E-state index contributed by atoms with van der Waals surface area (Å²) in [6.45, 7) is 5.39. The van der Waals surface area contributed by atoms with E-state index in [4.69, 9.17) is 17.0 Å². The van der Waals surface area contributed by atoms with Gasteiger partial charge in [-0.15, -0.1) is 0 Å². The van der Waals surface area contributed by atoms with E-state index in [2.05, 4.69) is 6.07 Å². The van der Waals surface area contributed by atoms with Crippen molar-refractivity contribution in [1.29, 1.82) is 5.26 Å². The molecule has 0 amide bonds. The Morgan fingerprint density at radius 3 is 2.38 bits per heavy atom. The number of benzene rings is 1. The summed E-state index contributed by atoms with van der Waals surface area (Å²) >= 11 is 6.71. The first kappa shape index (κ1) is 17.7. The van der Waals surface area contributed by atoms with Gasteiger partial charge in [0.1, 0.15) is 4.75 Å². The van der Waals surface area contributed by atoms with Gasteiger partial charge < -0.3 is 4.74 Å². The minimum absolute atomic E-state index is 0.362. The Kier molecular flexibility index (Phi) is 5.94. The third kappa shape index (κ3) is 4.83. The van der Waals surface area contributed by atoms with Gasteiger partial charge in [-0.25, -0.2) is 0 Å². The van der Waals surface area contributed by atoms with E-state index in [1.54, 1.807) is 20.8 Å². The highest BCUT2D eigenvalue weighted by atomic mass is 32.2. The predicted molar refractivity (Wildman–Crippen MR) is 90.2 cm³/mol. The summed E-state index contributed by atoms with van der Waals surface area (Å²) in [7, 11) is 1.35. The number of rotatable bonds is 5. The maximum absolute atomic E-state index is 12.2. The maximum atomic E-state index is 12.2. The zero-order chi connectivity index (χ0) is 16.1. The topological polar surface area (TPSA) is 50.1 Å². The van der Waals surface area contributed by atoms with Crippen molar-refractivity contribution in [1.82, 2.24) is 0 Å². The van der Waals surface area contributed by atoms with Gasteiger partial charge in [-0.3, -0.25) is 4.79 Å². The van der Waals surface area contributed by atoms with E-state index < -0.39 is 10.2 Å². The molecule has 0 heterocycles. The standard InChI is InChI=1S/C16H19NO2S2/c1-15(2,11-17)10-16(3,14(18)19-4)21-13(20)12-8-6-5-7-9-12/h5-9H,10H2,1-4H3. The summed E-state index contributed by atoms with van der Waals surface area (Å²) in [6.07, 6.45) is 0.362. The first-order valence-corrected chi connectivity index (χ1v) is 7.75. The maximum Gasteiger partial charge on any atom is 0.322 e. The average molecular weight is 321 g/mol. The van der Waals surface area contributed by atoms with E-state index in [0.29, 0.717) is 10.6 Å². The van der Waals surface area contributed by atoms with Crippen LogP contribution in [0.1, 0.15) is 32.8 Å². The number of methoxy groups -OCH3 is 1. The summed E-state index contributed by atoms with van der Waals surface area (Å²) in [4.78, 5) is 12.2. The minimum atomic E-state index is -0.888. The first-order valence-electron chi connectivity index (χ1n) is 6.52. The SMILES string of the molecule is COC(=O)C(C)(CC(C)(C)C#N)SC(=S)c1ccccc1. The highest BCUT2D eigenvalue weighted by molar-refractivity contribution is 8.25. The van der Waals surface area contributed by atoms with Gasteiger partial charge in [0.25, 0.3) is 0 Å². The van der Waals surface area contributed by atoms with Crippen molar-refractivity contribution in [2.75, 3.05) is 7.11 Å². The molecule has 1 aromatic carbocycles.